The average molecular weight is 390 g/mol. The maximum Gasteiger partial charge on any atom is 0.308 e. The smallest absolute Gasteiger partial charge is 0.308 e. The molecule has 0 heterocycles. The lowest BCUT2D eigenvalue weighted by Crippen LogP contribution is -2.22. The molecule has 1 aliphatic rings. The Bertz CT molecular complexity index is 739. The molecule has 0 aromatic heterocycles. The molecule has 0 bridgehead atoms. The standard InChI is InChI=1S/C22H30O6/c1-13-9-16-6-5-14(2)19(22(16)20(10-13)28-15(3)23)8-7-17(24)11-18(25)12-21(26)27-4/h5-8,13,17-18,20,24-25H,9-12H2,1-4H3/b8-7+. The van der Waals surface area contributed by atoms with Crippen molar-refractivity contribution < 1.29 is 29.3 Å². The van der Waals surface area contributed by atoms with Gasteiger partial charge >= 0.3 is 11.9 Å². The summed E-state index contributed by atoms with van der Waals surface area (Å²) in [6, 6.07) is 4.10. The van der Waals surface area contributed by atoms with Crippen molar-refractivity contribution in [2.75, 3.05) is 7.11 Å². The Labute approximate surface area is 166 Å². The summed E-state index contributed by atoms with van der Waals surface area (Å²) in [5.74, 6) is -0.419. The third kappa shape index (κ3) is 5.91. The first-order valence-corrected chi connectivity index (χ1v) is 9.62. The molecule has 2 N–H and O–H groups in total. The van der Waals surface area contributed by atoms with E-state index in [1.807, 2.05) is 19.1 Å². The molecule has 4 unspecified atom stereocenters. The molecular weight excluding hydrogens is 360 g/mol. The van der Waals surface area contributed by atoms with E-state index in [0.717, 1.165) is 35.1 Å². The number of esters is 2. The normalized spacial score (nSPS) is 21.1. The summed E-state index contributed by atoms with van der Waals surface area (Å²) in [7, 11) is 1.26. The number of ether oxygens (including phenoxy) is 2. The lowest BCUT2D eigenvalue weighted by atomic mass is 9.79. The quantitative estimate of drug-likeness (QED) is 0.696. The number of carbonyl (C=O) groups excluding carboxylic acids is 2. The monoisotopic (exact) mass is 390 g/mol. The first kappa shape index (κ1) is 22.1. The van der Waals surface area contributed by atoms with E-state index in [2.05, 4.69) is 17.7 Å². The van der Waals surface area contributed by atoms with Gasteiger partial charge in [0.25, 0.3) is 0 Å². The van der Waals surface area contributed by atoms with Crippen LogP contribution < -0.4 is 0 Å². The highest BCUT2D eigenvalue weighted by Gasteiger charge is 2.29. The van der Waals surface area contributed by atoms with Crippen molar-refractivity contribution in [3.63, 3.8) is 0 Å². The van der Waals surface area contributed by atoms with E-state index < -0.39 is 18.2 Å². The van der Waals surface area contributed by atoms with Gasteiger partial charge in [-0.15, -0.1) is 0 Å². The van der Waals surface area contributed by atoms with Crippen molar-refractivity contribution in [2.45, 2.75) is 64.8 Å². The number of fused-ring (bicyclic) bond motifs is 1. The Hall–Kier alpha value is -2.18. The highest BCUT2D eigenvalue weighted by molar-refractivity contribution is 5.69. The molecule has 0 fully saturated rings. The Morgan fingerprint density at radius 2 is 2.04 bits per heavy atom. The molecule has 4 atom stereocenters. The number of carbonyl (C=O) groups is 2. The molecule has 1 aliphatic carbocycles. The van der Waals surface area contributed by atoms with E-state index in [9.17, 15) is 19.8 Å². The van der Waals surface area contributed by atoms with Crippen molar-refractivity contribution >= 4 is 18.0 Å². The second kappa shape index (κ2) is 9.85. The van der Waals surface area contributed by atoms with Crippen LogP contribution in [-0.4, -0.2) is 41.5 Å². The predicted molar refractivity (Wildman–Crippen MR) is 105 cm³/mol. The predicted octanol–water partition coefficient (Wildman–Crippen LogP) is 2.87. The number of rotatable bonds is 7. The molecule has 0 spiro atoms. The molecule has 1 aromatic carbocycles. The largest absolute Gasteiger partial charge is 0.469 e. The molecule has 1 aromatic rings. The van der Waals surface area contributed by atoms with E-state index in [1.165, 1.54) is 14.0 Å². The van der Waals surface area contributed by atoms with E-state index >= 15 is 0 Å². The van der Waals surface area contributed by atoms with Crippen LogP contribution in [0.3, 0.4) is 0 Å². The summed E-state index contributed by atoms with van der Waals surface area (Å²) in [5, 5.41) is 20.1. The number of hydrogen-bond donors (Lipinski definition) is 2. The van der Waals surface area contributed by atoms with E-state index in [0.29, 0.717) is 5.92 Å². The second-order valence-corrected chi connectivity index (χ2v) is 7.61. The van der Waals surface area contributed by atoms with Crippen molar-refractivity contribution in [2.24, 2.45) is 5.92 Å². The van der Waals surface area contributed by atoms with Gasteiger partial charge in [0.05, 0.1) is 25.7 Å². The Morgan fingerprint density at radius 3 is 2.68 bits per heavy atom. The van der Waals surface area contributed by atoms with E-state index in [1.54, 1.807) is 6.08 Å². The maximum absolute atomic E-state index is 11.6. The van der Waals surface area contributed by atoms with Gasteiger partial charge in [-0.3, -0.25) is 9.59 Å². The second-order valence-electron chi connectivity index (χ2n) is 7.61. The molecular formula is C22H30O6. The fraction of sp³-hybridized carbons (Fsp3) is 0.545. The summed E-state index contributed by atoms with van der Waals surface area (Å²) < 4.78 is 10.1. The molecule has 0 saturated carbocycles. The van der Waals surface area contributed by atoms with Crippen LogP contribution >= 0.6 is 0 Å². The minimum Gasteiger partial charge on any atom is -0.469 e. The summed E-state index contributed by atoms with van der Waals surface area (Å²) in [6.07, 6.45) is 2.76. The van der Waals surface area contributed by atoms with Crippen LogP contribution in [0.1, 0.15) is 61.5 Å². The third-order valence-electron chi connectivity index (χ3n) is 5.04. The number of methoxy groups -OCH3 is 1. The molecule has 0 saturated heterocycles. The summed E-state index contributed by atoms with van der Waals surface area (Å²) in [4.78, 5) is 22.8. The van der Waals surface area contributed by atoms with E-state index in [4.69, 9.17) is 4.74 Å². The van der Waals surface area contributed by atoms with Crippen LogP contribution in [0.25, 0.3) is 6.08 Å². The summed E-state index contributed by atoms with van der Waals surface area (Å²) in [5.41, 5.74) is 4.09. The fourth-order valence-electron chi connectivity index (χ4n) is 3.74. The Kier molecular flexibility index (Phi) is 7.78. The van der Waals surface area contributed by atoms with Crippen molar-refractivity contribution in [3.05, 3.63) is 40.5 Å². The number of aliphatic hydroxyl groups is 2. The zero-order valence-corrected chi connectivity index (χ0v) is 17.0. The molecule has 2 rings (SSSR count). The molecule has 6 heteroatoms. The SMILES string of the molecule is COC(=O)CC(O)CC(O)/C=C/c1c(C)ccc2c1C(OC(C)=O)CC(C)C2. The van der Waals surface area contributed by atoms with Crippen LogP contribution in [0.2, 0.25) is 0 Å². The zero-order chi connectivity index (χ0) is 20.8. The molecule has 0 amide bonds. The van der Waals surface area contributed by atoms with Crippen molar-refractivity contribution in [1.29, 1.82) is 0 Å². The zero-order valence-electron chi connectivity index (χ0n) is 17.0. The van der Waals surface area contributed by atoms with Crippen LogP contribution in [0.15, 0.2) is 18.2 Å². The summed E-state index contributed by atoms with van der Waals surface area (Å²) in [6.45, 7) is 5.53. The van der Waals surface area contributed by atoms with Crippen LogP contribution in [0, 0.1) is 12.8 Å². The van der Waals surface area contributed by atoms with Crippen LogP contribution in [0.5, 0.6) is 0 Å². The average Bonchev–Trinajstić information content (AvgIpc) is 2.60. The minimum absolute atomic E-state index is 0.0318. The molecule has 0 radical (unpaired) electrons. The van der Waals surface area contributed by atoms with Gasteiger partial charge < -0.3 is 19.7 Å². The first-order chi connectivity index (χ1) is 13.2. The topological polar surface area (TPSA) is 93.1 Å². The lowest BCUT2D eigenvalue weighted by Gasteiger charge is -2.31. The molecule has 0 aliphatic heterocycles. The van der Waals surface area contributed by atoms with Gasteiger partial charge in [0, 0.05) is 18.9 Å². The lowest BCUT2D eigenvalue weighted by molar-refractivity contribution is -0.148. The fourth-order valence-corrected chi connectivity index (χ4v) is 3.74. The first-order valence-electron chi connectivity index (χ1n) is 9.62. The van der Waals surface area contributed by atoms with Gasteiger partial charge in [0.2, 0.25) is 0 Å². The number of aryl methyl sites for hydroxylation is 1. The molecule has 6 nitrogen and oxygen atoms in total. The number of aliphatic hydroxyl groups excluding tert-OH is 2. The maximum atomic E-state index is 11.6. The van der Waals surface area contributed by atoms with Gasteiger partial charge in [-0.25, -0.2) is 0 Å². The number of benzene rings is 1. The van der Waals surface area contributed by atoms with Gasteiger partial charge in [-0.2, -0.15) is 0 Å². The van der Waals surface area contributed by atoms with Crippen molar-refractivity contribution in [3.8, 4) is 0 Å². The van der Waals surface area contributed by atoms with Gasteiger partial charge in [0.15, 0.2) is 0 Å². The Balaban J connectivity index is 2.23. The summed E-state index contributed by atoms with van der Waals surface area (Å²) >= 11 is 0. The minimum atomic E-state index is -0.979. The van der Waals surface area contributed by atoms with Gasteiger partial charge in [-0.05, 0) is 42.4 Å². The van der Waals surface area contributed by atoms with Crippen LogP contribution in [-0.2, 0) is 25.5 Å². The van der Waals surface area contributed by atoms with Crippen LogP contribution in [0.4, 0.5) is 0 Å². The van der Waals surface area contributed by atoms with Gasteiger partial charge in [-0.1, -0.05) is 31.2 Å². The Morgan fingerprint density at radius 1 is 1.32 bits per heavy atom. The highest BCUT2D eigenvalue weighted by Crippen LogP contribution is 2.39. The number of hydrogen-bond acceptors (Lipinski definition) is 6. The van der Waals surface area contributed by atoms with Gasteiger partial charge in [0.1, 0.15) is 6.10 Å². The highest BCUT2D eigenvalue weighted by atomic mass is 16.5. The molecule has 28 heavy (non-hydrogen) atoms. The van der Waals surface area contributed by atoms with Crippen molar-refractivity contribution in [1.82, 2.24) is 0 Å². The van der Waals surface area contributed by atoms with E-state index in [-0.39, 0.29) is 24.9 Å². The molecule has 154 valence electrons. The third-order valence-corrected chi connectivity index (χ3v) is 5.04.